The van der Waals surface area contributed by atoms with Gasteiger partial charge in [0.05, 0.1) is 6.20 Å². The minimum absolute atomic E-state index is 0.476. The topological polar surface area (TPSA) is 55.0 Å². The maximum Gasteiger partial charge on any atom is 0.155 e. The van der Waals surface area contributed by atoms with Crippen LogP contribution in [0.1, 0.15) is 11.1 Å². The molecule has 0 radical (unpaired) electrons. The Morgan fingerprint density at radius 2 is 1.94 bits per heavy atom. The van der Waals surface area contributed by atoms with E-state index < -0.39 is 0 Å². The molecule has 0 amide bonds. The Bertz CT molecular complexity index is 470. The van der Waals surface area contributed by atoms with E-state index in [0.717, 1.165) is 17.9 Å². The van der Waals surface area contributed by atoms with E-state index in [9.17, 15) is 0 Å². The average Bonchev–Trinajstić information content (AvgIpc) is 2.40. The van der Waals surface area contributed by atoms with Crippen LogP contribution in [0.25, 0.3) is 0 Å². The number of hydrogen-bond donors (Lipinski definition) is 1. The Labute approximate surface area is 101 Å². The second-order valence-electron chi connectivity index (χ2n) is 3.93. The van der Waals surface area contributed by atoms with Crippen molar-refractivity contribution in [3.8, 4) is 0 Å². The summed E-state index contributed by atoms with van der Waals surface area (Å²) in [5.74, 6) is 0.846. The summed E-state index contributed by atoms with van der Waals surface area (Å²) in [5.41, 5.74) is 7.94. The van der Waals surface area contributed by atoms with E-state index in [1.165, 1.54) is 5.56 Å². The minimum atomic E-state index is 0.476. The molecule has 1 heterocycles. The van der Waals surface area contributed by atoms with E-state index in [2.05, 4.69) is 27.2 Å². The van der Waals surface area contributed by atoms with Crippen LogP contribution in [-0.2, 0) is 13.1 Å². The Hall–Kier alpha value is -1.94. The summed E-state index contributed by atoms with van der Waals surface area (Å²) in [6, 6.07) is 12.2. The molecule has 1 aromatic carbocycles. The van der Waals surface area contributed by atoms with Crippen LogP contribution in [0.3, 0.4) is 0 Å². The zero-order valence-corrected chi connectivity index (χ0v) is 9.87. The Balaban J connectivity index is 2.17. The fraction of sp³-hybridized carbons (Fsp3) is 0.231. The molecule has 0 aliphatic heterocycles. The van der Waals surface area contributed by atoms with Crippen LogP contribution in [-0.4, -0.2) is 17.2 Å². The predicted molar refractivity (Wildman–Crippen MR) is 68.5 cm³/mol. The summed E-state index contributed by atoms with van der Waals surface area (Å²) in [5, 5.41) is 8.05. The van der Waals surface area contributed by atoms with Crippen LogP contribution in [0.2, 0.25) is 0 Å². The number of anilines is 1. The Kier molecular flexibility index (Phi) is 3.67. The highest BCUT2D eigenvalue weighted by molar-refractivity contribution is 5.45. The monoisotopic (exact) mass is 228 g/mol. The molecule has 2 rings (SSSR count). The van der Waals surface area contributed by atoms with Crippen molar-refractivity contribution in [1.82, 2.24) is 10.2 Å². The molecular formula is C13H16N4. The molecular weight excluding hydrogens is 212 g/mol. The number of rotatable bonds is 4. The van der Waals surface area contributed by atoms with Crippen molar-refractivity contribution in [2.75, 3.05) is 11.9 Å². The van der Waals surface area contributed by atoms with E-state index in [4.69, 9.17) is 5.73 Å². The van der Waals surface area contributed by atoms with Crippen LogP contribution in [0, 0.1) is 0 Å². The lowest BCUT2D eigenvalue weighted by molar-refractivity contribution is 0.843. The minimum Gasteiger partial charge on any atom is -0.354 e. The molecule has 1 aromatic heterocycles. The van der Waals surface area contributed by atoms with Gasteiger partial charge in [0.1, 0.15) is 0 Å². The van der Waals surface area contributed by atoms with Crippen LogP contribution in [0.4, 0.5) is 5.82 Å². The second-order valence-corrected chi connectivity index (χ2v) is 3.93. The lowest BCUT2D eigenvalue weighted by Crippen LogP contribution is -2.20. The highest BCUT2D eigenvalue weighted by Crippen LogP contribution is 2.16. The summed E-state index contributed by atoms with van der Waals surface area (Å²) in [6.07, 6.45) is 1.67. The van der Waals surface area contributed by atoms with E-state index in [-0.39, 0.29) is 0 Å². The number of hydrogen-bond acceptors (Lipinski definition) is 4. The number of nitrogens with zero attached hydrogens (tertiary/aromatic N) is 3. The van der Waals surface area contributed by atoms with Gasteiger partial charge in [0.2, 0.25) is 0 Å². The van der Waals surface area contributed by atoms with Gasteiger partial charge in [-0.3, -0.25) is 0 Å². The highest BCUT2D eigenvalue weighted by atomic mass is 15.2. The molecule has 0 aliphatic carbocycles. The van der Waals surface area contributed by atoms with Gasteiger partial charge in [-0.15, -0.1) is 5.10 Å². The molecule has 0 fully saturated rings. The highest BCUT2D eigenvalue weighted by Gasteiger charge is 2.08. The van der Waals surface area contributed by atoms with Gasteiger partial charge >= 0.3 is 0 Å². The third-order valence-corrected chi connectivity index (χ3v) is 2.63. The fourth-order valence-corrected chi connectivity index (χ4v) is 1.76. The third-order valence-electron chi connectivity index (χ3n) is 2.63. The van der Waals surface area contributed by atoms with Crippen molar-refractivity contribution >= 4 is 5.82 Å². The molecule has 17 heavy (non-hydrogen) atoms. The molecule has 4 nitrogen and oxygen atoms in total. The molecule has 0 saturated carbocycles. The first kappa shape index (κ1) is 11.5. The molecule has 0 atom stereocenters. The van der Waals surface area contributed by atoms with E-state index in [0.29, 0.717) is 6.54 Å². The van der Waals surface area contributed by atoms with Crippen LogP contribution in [0.15, 0.2) is 42.6 Å². The summed E-state index contributed by atoms with van der Waals surface area (Å²) < 4.78 is 0. The Morgan fingerprint density at radius 3 is 2.65 bits per heavy atom. The van der Waals surface area contributed by atoms with E-state index in [1.54, 1.807) is 6.20 Å². The van der Waals surface area contributed by atoms with Crippen molar-refractivity contribution in [3.05, 3.63) is 53.7 Å². The van der Waals surface area contributed by atoms with Gasteiger partial charge in [-0.2, -0.15) is 5.10 Å². The van der Waals surface area contributed by atoms with Crippen molar-refractivity contribution in [1.29, 1.82) is 0 Å². The maximum atomic E-state index is 5.69. The molecule has 0 aliphatic rings. The van der Waals surface area contributed by atoms with Crippen LogP contribution >= 0.6 is 0 Å². The molecule has 88 valence electrons. The zero-order chi connectivity index (χ0) is 12.1. The fourth-order valence-electron chi connectivity index (χ4n) is 1.76. The molecule has 0 bridgehead atoms. The molecule has 0 spiro atoms. The van der Waals surface area contributed by atoms with Crippen LogP contribution in [0.5, 0.6) is 0 Å². The Morgan fingerprint density at radius 1 is 1.18 bits per heavy atom. The second kappa shape index (κ2) is 5.41. The molecule has 0 saturated heterocycles. The summed E-state index contributed by atoms with van der Waals surface area (Å²) in [4.78, 5) is 2.06. The predicted octanol–water partition coefficient (Wildman–Crippen LogP) is 1.57. The number of nitrogens with two attached hydrogens (primary N) is 1. The lowest BCUT2D eigenvalue weighted by atomic mass is 10.2. The van der Waals surface area contributed by atoms with E-state index >= 15 is 0 Å². The van der Waals surface area contributed by atoms with Gasteiger partial charge in [-0.05, 0) is 11.6 Å². The first-order valence-electron chi connectivity index (χ1n) is 5.57. The number of benzene rings is 1. The first-order valence-corrected chi connectivity index (χ1v) is 5.57. The van der Waals surface area contributed by atoms with Crippen molar-refractivity contribution in [3.63, 3.8) is 0 Å². The maximum absolute atomic E-state index is 5.69. The zero-order valence-electron chi connectivity index (χ0n) is 9.87. The van der Waals surface area contributed by atoms with Gasteiger partial charge < -0.3 is 10.6 Å². The summed E-state index contributed by atoms with van der Waals surface area (Å²) in [6.45, 7) is 1.27. The SMILES string of the molecule is CN(Cc1ccccc1)c1nnccc1CN. The largest absolute Gasteiger partial charge is 0.354 e. The van der Waals surface area contributed by atoms with E-state index in [1.807, 2.05) is 31.3 Å². The van der Waals surface area contributed by atoms with Gasteiger partial charge in [-0.1, -0.05) is 30.3 Å². The lowest BCUT2D eigenvalue weighted by Gasteiger charge is -2.19. The smallest absolute Gasteiger partial charge is 0.155 e. The van der Waals surface area contributed by atoms with Crippen LogP contribution < -0.4 is 10.6 Å². The van der Waals surface area contributed by atoms with Gasteiger partial charge in [0, 0.05) is 25.7 Å². The van der Waals surface area contributed by atoms with Gasteiger partial charge in [0.25, 0.3) is 0 Å². The van der Waals surface area contributed by atoms with Gasteiger partial charge in [-0.25, -0.2) is 0 Å². The quantitative estimate of drug-likeness (QED) is 0.863. The van der Waals surface area contributed by atoms with Crippen molar-refractivity contribution in [2.45, 2.75) is 13.1 Å². The van der Waals surface area contributed by atoms with Crippen molar-refractivity contribution < 1.29 is 0 Å². The average molecular weight is 228 g/mol. The summed E-state index contributed by atoms with van der Waals surface area (Å²) >= 11 is 0. The normalized spacial score (nSPS) is 10.2. The van der Waals surface area contributed by atoms with Gasteiger partial charge in [0.15, 0.2) is 5.82 Å². The molecule has 2 N–H and O–H groups in total. The third kappa shape index (κ3) is 2.79. The summed E-state index contributed by atoms with van der Waals surface area (Å²) in [7, 11) is 2.00. The standard InChI is InChI=1S/C13H16N4/c1-17(10-11-5-3-2-4-6-11)13-12(9-14)7-8-15-16-13/h2-8H,9-10,14H2,1H3. The number of aromatic nitrogens is 2. The van der Waals surface area contributed by atoms with Crippen molar-refractivity contribution in [2.24, 2.45) is 5.73 Å². The molecule has 4 heteroatoms. The first-order chi connectivity index (χ1) is 8.31. The molecule has 0 unspecified atom stereocenters. The molecule has 2 aromatic rings.